The first-order chi connectivity index (χ1) is 11.7. The third kappa shape index (κ3) is 3.46. The number of thioether (sulfide) groups is 1. The van der Waals surface area contributed by atoms with Crippen LogP contribution in [-0.2, 0) is 5.75 Å². The van der Waals surface area contributed by atoms with Crippen molar-refractivity contribution in [3.63, 3.8) is 0 Å². The lowest BCUT2D eigenvalue weighted by Gasteiger charge is -2.08. The van der Waals surface area contributed by atoms with Gasteiger partial charge in [0, 0.05) is 17.5 Å². The third-order valence-electron chi connectivity index (χ3n) is 3.42. The number of amides is 1. The van der Waals surface area contributed by atoms with Gasteiger partial charge in [0.15, 0.2) is 0 Å². The van der Waals surface area contributed by atoms with E-state index in [4.69, 9.17) is 0 Å². The second-order valence-corrected chi connectivity index (χ2v) is 5.93. The van der Waals surface area contributed by atoms with Crippen LogP contribution in [0.3, 0.4) is 0 Å². The van der Waals surface area contributed by atoms with Crippen molar-refractivity contribution in [3.8, 4) is 11.4 Å². The molecular weight excluding hydrogens is 327 g/mol. The molecule has 3 aromatic rings. The number of benzene rings is 1. The molecule has 0 aliphatic rings. The van der Waals surface area contributed by atoms with E-state index in [1.807, 2.05) is 24.5 Å². The normalized spacial score (nSPS) is 10.6. The second-order valence-electron chi connectivity index (χ2n) is 5.07. The molecule has 0 unspecified atom stereocenters. The number of pyridine rings is 1. The van der Waals surface area contributed by atoms with Gasteiger partial charge < -0.3 is 5.32 Å². The molecule has 1 aromatic carbocycles. The van der Waals surface area contributed by atoms with Crippen molar-refractivity contribution in [2.45, 2.75) is 5.75 Å². The predicted molar refractivity (Wildman–Crippen MR) is 93.4 cm³/mol. The maximum atomic E-state index is 13.7. The van der Waals surface area contributed by atoms with Crippen LogP contribution in [0.2, 0.25) is 0 Å². The average molecular weight is 342 g/mol. The van der Waals surface area contributed by atoms with Crippen molar-refractivity contribution >= 4 is 23.4 Å². The summed E-state index contributed by atoms with van der Waals surface area (Å²) in [5.74, 6) is -0.119. The van der Waals surface area contributed by atoms with E-state index in [1.54, 1.807) is 12.3 Å². The third-order valence-corrected chi connectivity index (χ3v) is 4.02. The van der Waals surface area contributed by atoms with Crippen LogP contribution in [-0.4, -0.2) is 27.3 Å². The molecule has 2 heterocycles. The molecule has 1 amide bonds. The van der Waals surface area contributed by atoms with Crippen molar-refractivity contribution in [2.75, 3.05) is 11.6 Å². The number of anilines is 1. The molecule has 24 heavy (non-hydrogen) atoms. The summed E-state index contributed by atoms with van der Waals surface area (Å²) in [6.07, 6.45) is 5.07. The van der Waals surface area contributed by atoms with Crippen molar-refractivity contribution in [2.24, 2.45) is 0 Å². The fraction of sp³-hybridized carbons (Fsp3) is 0.118. The summed E-state index contributed by atoms with van der Waals surface area (Å²) in [7, 11) is 0. The van der Waals surface area contributed by atoms with Crippen LogP contribution in [0.4, 0.5) is 10.1 Å². The van der Waals surface area contributed by atoms with E-state index in [1.165, 1.54) is 30.1 Å². The first kappa shape index (κ1) is 16.2. The van der Waals surface area contributed by atoms with E-state index in [-0.39, 0.29) is 11.7 Å². The van der Waals surface area contributed by atoms with Crippen LogP contribution < -0.4 is 5.32 Å². The maximum Gasteiger partial charge on any atom is 0.255 e. The Morgan fingerprint density at radius 1 is 1.33 bits per heavy atom. The topological polar surface area (TPSA) is 70.7 Å². The molecule has 0 saturated heterocycles. The lowest BCUT2D eigenvalue weighted by molar-refractivity contribution is 0.102. The Hall–Kier alpha value is -2.67. The monoisotopic (exact) mass is 342 g/mol. The lowest BCUT2D eigenvalue weighted by Crippen LogP contribution is -2.12. The average Bonchev–Trinajstić information content (AvgIpc) is 3.06. The summed E-state index contributed by atoms with van der Waals surface area (Å²) in [5, 5.41) is 9.58. The quantitative estimate of drug-likeness (QED) is 0.741. The molecule has 0 atom stereocenters. The van der Waals surface area contributed by atoms with Gasteiger partial charge in [-0.3, -0.25) is 14.9 Å². The molecule has 3 rings (SSSR count). The minimum Gasteiger partial charge on any atom is -0.319 e. The number of carbonyl (C=O) groups excluding carboxylic acids is 1. The molecule has 0 bridgehead atoms. The molecule has 5 nitrogen and oxygen atoms in total. The van der Waals surface area contributed by atoms with Crippen LogP contribution in [0.15, 0.2) is 48.8 Å². The maximum absolute atomic E-state index is 13.7. The van der Waals surface area contributed by atoms with Crippen molar-refractivity contribution < 1.29 is 9.18 Å². The van der Waals surface area contributed by atoms with E-state index >= 15 is 0 Å². The van der Waals surface area contributed by atoms with Crippen molar-refractivity contribution in [1.29, 1.82) is 0 Å². The molecule has 0 aliphatic heterocycles. The molecule has 0 aliphatic carbocycles. The number of carbonyl (C=O) groups is 1. The van der Waals surface area contributed by atoms with Gasteiger partial charge in [-0.05, 0) is 42.2 Å². The highest BCUT2D eigenvalue weighted by Crippen LogP contribution is 2.24. The summed E-state index contributed by atoms with van der Waals surface area (Å²) in [6, 6.07) is 9.83. The van der Waals surface area contributed by atoms with E-state index in [2.05, 4.69) is 20.5 Å². The minimum atomic E-state index is -0.323. The van der Waals surface area contributed by atoms with E-state index in [0.29, 0.717) is 34.0 Å². The molecule has 2 N–H and O–H groups in total. The number of aromatic amines is 1. The van der Waals surface area contributed by atoms with Crippen LogP contribution in [0.25, 0.3) is 11.4 Å². The number of halogens is 1. The fourth-order valence-electron chi connectivity index (χ4n) is 2.26. The Kier molecular flexibility index (Phi) is 4.90. The molecule has 0 radical (unpaired) electrons. The van der Waals surface area contributed by atoms with E-state index < -0.39 is 0 Å². The zero-order chi connectivity index (χ0) is 16.9. The zero-order valence-electron chi connectivity index (χ0n) is 12.9. The number of nitrogens with zero attached hydrogens (tertiary/aromatic N) is 2. The van der Waals surface area contributed by atoms with Gasteiger partial charge in [-0.15, -0.1) is 0 Å². The number of aromatic nitrogens is 3. The molecule has 0 saturated carbocycles. The van der Waals surface area contributed by atoms with Crippen LogP contribution >= 0.6 is 11.8 Å². The fourth-order valence-corrected chi connectivity index (χ4v) is 2.80. The highest BCUT2D eigenvalue weighted by atomic mass is 32.2. The number of hydrogen-bond acceptors (Lipinski definition) is 4. The van der Waals surface area contributed by atoms with Crippen LogP contribution in [0.1, 0.15) is 15.9 Å². The smallest absolute Gasteiger partial charge is 0.255 e. The Balaban J connectivity index is 1.84. The Morgan fingerprint density at radius 2 is 2.21 bits per heavy atom. The molecule has 7 heteroatoms. The molecule has 0 spiro atoms. The zero-order valence-corrected chi connectivity index (χ0v) is 13.7. The van der Waals surface area contributed by atoms with Gasteiger partial charge in [0.25, 0.3) is 5.91 Å². The summed E-state index contributed by atoms with van der Waals surface area (Å²) < 4.78 is 13.7. The number of hydrogen-bond donors (Lipinski definition) is 2. The summed E-state index contributed by atoms with van der Waals surface area (Å²) >= 11 is 1.50. The number of H-pyrrole nitrogens is 1. The van der Waals surface area contributed by atoms with Gasteiger partial charge in [0.2, 0.25) is 0 Å². The van der Waals surface area contributed by atoms with Crippen molar-refractivity contribution in [3.05, 3.63) is 65.7 Å². The van der Waals surface area contributed by atoms with Gasteiger partial charge in [-0.1, -0.05) is 6.07 Å². The highest BCUT2D eigenvalue weighted by Gasteiger charge is 2.14. The predicted octanol–water partition coefficient (Wildman–Crippen LogP) is 3.73. The Labute approximate surface area is 142 Å². The first-order valence-corrected chi connectivity index (χ1v) is 8.62. The van der Waals surface area contributed by atoms with Gasteiger partial charge in [-0.2, -0.15) is 16.9 Å². The second kappa shape index (κ2) is 7.27. The molecular formula is C17H15FN4OS. The lowest BCUT2D eigenvalue weighted by atomic mass is 10.1. The van der Waals surface area contributed by atoms with Crippen LogP contribution in [0, 0.1) is 5.82 Å². The molecule has 0 fully saturated rings. The molecule has 2 aromatic heterocycles. The SMILES string of the molecule is CSCc1cc(C(=O)Nc2cn[nH]c2-c2ccccn2)ccc1F. The van der Waals surface area contributed by atoms with Gasteiger partial charge in [-0.25, -0.2) is 4.39 Å². The van der Waals surface area contributed by atoms with Gasteiger partial charge >= 0.3 is 0 Å². The summed E-state index contributed by atoms with van der Waals surface area (Å²) in [5.41, 5.74) is 2.72. The Morgan fingerprint density at radius 3 is 2.96 bits per heavy atom. The summed E-state index contributed by atoms with van der Waals surface area (Å²) in [6.45, 7) is 0. The number of nitrogens with one attached hydrogen (secondary N) is 2. The van der Waals surface area contributed by atoms with E-state index in [9.17, 15) is 9.18 Å². The van der Waals surface area contributed by atoms with Gasteiger partial charge in [0.05, 0.1) is 17.6 Å². The standard InChI is InChI=1S/C17H15FN4OS/c1-24-10-12-8-11(5-6-13(12)18)17(23)21-15-9-20-22-16(15)14-4-2-3-7-19-14/h2-9H,10H2,1H3,(H,20,22)(H,21,23). The van der Waals surface area contributed by atoms with Crippen molar-refractivity contribution in [1.82, 2.24) is 15.2 Å². The Bertz CT molecular complexity index is 851. The largest absolute Gasteiger partial charge is 0.319 e. The van der Waals surface area contributed by atoms with E-state index in [0.717, 1.165) is 0 Å². The molecule has 122 valence electrons. The highest BCUT2D eigenvalue weighted by molar-refractivity contribution is 7.97. The number of rotatable bonds is 5. The minimum absolute atomic E-state index is 0.307. The summed E-state index contributed by atoms with van der Waals surface area (Å²) in [4.78, 5) is 16.7. The first-order valence-electron chi connectivity index (χ1n) is 7.22. The van der Waals surface area contributed by atoms with Gasteiger partial charge in [0.1, 0.15) is 11.5 Å². The van der Waals surface area contributed by atoms with Crippen LogP contribution in [0.5, 0.6) is 0 Å².